The van der Waals surface area contributed by atoms with E-state index < -0.39 is 0 Å². The molecule has 1 aromatic rings. The van der Waals surface area contributed by atoms with Gasteiger partial charge in [0, 0.05) is 24.8 Å². The molecule has 0 unspecified atom stereocenters. The van der Waals surface area contributed by atoms with Gasteiger partial charge in [-0.05, 0) is 6.92 Å². The molecule has 0 radical (unpaired) electrons. The minimum atomic E-state index is 0.386. The Hall–Kier alpha value is -1.40. The molecule has 0 amide bonds. The first-order valence-corrected chi connectivity index (χ1v) is 6.34. The van der Waals surface area contributed by atoms with Crippen molar-refractivity contribution >= 4 is 11.8 Å². The van der Waals surface area contributed by atoms with E-state index in [1.807, 2.05) is 13.0 Å². The summed E-state index contributed by atoms with van der Waals surface area (Å²) in [4.78, 5) is 11.2. The van der Waals surface area contributed by atoms with Gasteiger partial charge in [0.2, 0.25) is 5.95 Å². The monoisotopic (exact) mass is 250 g/mol. The molecule has 3 rings (SSSR count). The Balaban J connectivity index is 1.75. The van der Waals surface area contributed by atoms with Crippen LogP contribution in [0.1, 0.15) is 5.69 Å². The zero-order chi connectivity index (χ0) is 12.4. The summed E-state index contributed by atoms with van der Waals surface area (Å²) in [5.41, 5.74) is 0.981. The smallest absolute Gasteiger partial charge is 0.227 e. The lowest BCUT2D eigenvalue weighted by molar-refractivity contribution is 0.0209. The topological polar surface area (TPSA) is 59.5 Å². The summed E-state index contributed by atoms with van der Waals surface area (Å²) in [6, 6.07) is 2.36. The van der Waals surface area contributed by atoms with Crippen LogP contribution in [0.3, 0.4) is 0 Å². The molecule has 0 atom stereocenters. The van der Waals surface area contributed by atoms with Gasteiger partial charge in [0.05, 0.1) is 32.5 Å². The molecular formula is C12H18N4O2. The molecule has 18 heavy (non-hydrogen) atoms. The van der Waals surface area contributed by atoms with Gasteiger partial charge in [-0.15, -0.1) is 0 Å². The third-order valence-corrected chi connectivity index (χ3v) is 3.13. The Morgan fingerprint density at radius 1 is 1.22 bits per heavy atom. The second kappa shape index (κ2) is 5.07. The van der Waals surface area contributed by atoms with E-state index in [9.17, 15) is 0 Å². The van der Waals surface area contributed by atoms with E-state index in [1.54, 1.807) is 0 Å². The number of aryl methyl sites for hydroxylation is 1. The largest absolute Gasteiger partial charge is 0.378 e. The van der Waals surface area contributed by atoms with Gasteiger partial charge in [-0.3, -0.25) is 0 Å². The number of aromatic nitrogens is 2. The molecule has 6 nitrogen and oxygen atoms in total. The molecule has 2 fully saturated rings. The summed E-state index contributed by atoms with van der Waals surface area (Å²) in [6.07, 6.45) is 0. The molecule has 0 bridgehead atoms. The molecular weight excluding hydrogens is 232 g/mol. The van der Waals surface area contributed by atoms with Crippen LogP contribution in [0.25, 0.3) is 0 Å². The van der Waals surface area contributed by atoms with Crippen molar-refractivity contribution in [2.45, 2.75) is 13.0 Å². The number of hydrogen-bond donors (Lipinski definition) is 1. The van der Waals surface area contributed by atoms with Gasteiger partial charge >= 0.3 is 0 Å². The predicted octanol–water partition coefficient (Wildman–Crippen LogP) is 0.432. The summed E-state index contributed by atoms with van der Waals surface area (Å²) >= 11 is 0. The lowest BCUT2D eigenvalue weighted by Crippen LogP contribution is -2.41. The third-order valence-electron chi connectivity index (χ3n) is 3.13. The van der Waals surface area contributed by atoms with Crippen molar-refractivity contribution in [3.05, 3.63) is 11.8 Å². The van der Waals surface area contributed by atoms with Crippen molar-refractivity contribution in [1.82, 2.24) is 9.97 Å². The van der Waals surface area contributed by atoms with Crippen LogP contribution in [0.15, 0.2) is 6.07 Å². The maximum absolute atomic E-state index is 5.34. The fourth-order valence-electron chi connectivity index (χ4n) is 2.06. The Kier molecular flexibility index (Phi) is 3.29. The Morgan fingerprint density at radius 3 is 2.67 bits per heavy atom. The predicted molar refractivity (Wildman–Crippen MR) is 68.0 cm³/mol. The molecule has 6 heteroatoms. The van der Waals surface area contributed by atoms with Crippen LogP contribution in [0, 0.1) is 6.92 Å². The Morgan fingerprint density at radius 2 is 2.00 bits per heavy atom. The second-order valence-electron chi connectivity index (χ2n) is 4.67. The highest BCUT2D eigenvalue weighted by Gasteiger charge is 2.20. The second-order valence-corrected chi connectivity index (χ2v) is 4.67. The molecule has 3 heterocycles. The van der Waals surface area contributed by atoms with Gasteiger partial charge < -0.3 is 19.7 Å². The highest BCUT2D eigenvalue weighted by molar-refractivity contribution is 5.44. The van der Waals surface area contributed by atoms with E-state index in [2.05, 4.69) is 20.2 Å². The quantitative estimate of drug-likeness (QED) is 0.839. The summed E-state index contributed by atoms with van der Waals surface area (Å²) in [6.45, 7) is 6.72. The molecule has 1 aromatic heterocycles. The molecule has 1 N–H and O–H groups in total. The van der Waals surface area contributed by atoms with Crippen LogP contribution < -0.4 is 10.2 Å². The maximum Gasteiger partial charge on any atom is 0.227 e. The number of nitrogens with zero attached hydrogens (tertiary/aromatic N) is 3. The molecule has 2 saturated heterocycles. The number of nitrogens with one attached hydrogen (secondary N) is 1. The number of ether oxygens (including phenoxy) is 2. The lowest BCUT2D eigenvalue weighted by atomic mass is 10.2. The number of morpholine rings is 1. The third kappa shape index (κ3) is 2.54. The maximum atomic E-state index is 5.34. The normalized spacial score (nSPS) is 20.6. The molecule has 0 aliphatic carbocycles. The van der Waals surface area contributed by atoms with Crippen molar-refractivity contribution in [2.24, 2.45) is 0 Å². The van der Waals surface area contributed by atoms with Crippen LogP contribution in [-0.4, -0.2) is 55.5 Å². The Labute approximate surface area is 106 Å². The van der Waals surface area contributed by atoms with Crippen molar-refractivity contribution in [3.63, 3.8) is 0 Å². The van der Waals surface area contributed by atoms with Crippen LogP contribution >= 0.6 is 0 Å². The van der Waals surface area contributed by atoms with E-state index in [4.69, 9.17) is 9.47 Å². The zero-order valence-corrected chi connectivity index (χ0v) is 10.6. The van der Waals surface area contributed by atoms with E-state index in [1.165, 1.54) is 0 Å². The first-order valence-electron chi connectivity index (χ1n) is 6.34. The molecule has 0 spiro atoms. The van der Waals surface area contributed by atoms with Crippen molar-refractivity contribution in [2.75, 3.05) is 49.7 Å². The summed E-state index contributed by atoms with van der Waals surface area (Å²) in [7, 11) is 0. The van der Waals surface area contributed by atoms with Crippen LogP contribution in [0.2, 0.25) is 0 Å². The van der Waals surface area contributed by atoms with Crippen molar-refractivity contribution < 1.29 is 9.47 Å². The van der Waals surface area contributed by atoms with Gasteiger partial charge in [0.1, 0.15) is 5.82 Å². The summed E-state index contributed by atoms with van der Waals surface area (Å²) in [5, 5.41) is 3.36. The van der Waals surface area contributed by atoms with Crippen LogP contribution in [0.5, 0.6) is 0 Å². The van der Waals surface area contributed by atoms with Crippen molar-refractivity contribution in [3.8, 4) is 0 Å². The first kappa shape index (κ1) is 11.7. The van der Waals surface area contributed by atoms with Crippen molar-refractivity contribution in [1.29, 1.82) is 0 Å². The van der Waals surface area contributed by atoms with Gasteiger partial charge in [0.15, 0.2) is 0 Å². The molecule has 0 aromatic carbocycles. The lowest BCUT2D eigenvalue weighted by Gasteiger charge is -2.29. The fourth-order valence-corrected chi connectivity index (χ4v) is 2.06. The average Bonchev–Trinajstić information content (AvgIpc) is 2.34. The van der Waals surface area contributed by atoms with Crippen LogP contribution in [-0.2, 0) is 9.47 Å². The highest BCUT2D eigenvalue weighted by Crippen LogP contribution is 2.17. The summed E-state index contributed by atoms with van der Waals surface area (Å²) < 4.78 is 10.5. The van der Waals surface area contributed by atoms with Crippen LogP contribution in [0.4, 0.5) is 11.8 Å². The van der Waals surface area contributed by atoms with E-state index in [0.29, 0.717) is 6.04 Å². The van der Waals surface area contributed by atoms with Gasteiger partial charge in [-0.2, -0.15) is 4.98 Å². The average molecular weight is 250 g/mol. The van der Waals surface area contributed by atoms with Gasteiger partial charge in [0.25, 0.3) is 0 Å². The SMILES string of the molecule is Cc1cc(NC2COC2)nc(N2CCOCC2)n1. The van der Waals surface area contributed by atoms with E-state index >= 15 is 0 Å². The highest BCUT2D eigenvalue weighted by atomic mass is 16.5. The summed E-state index contributed by atoms with van der Waals surface area (Å²) in [5.74, 6) is 1.68. The number of anilines is 2. The zero-order valence-electron chi connectivity index (χ0n) is 10.6. The number of hydrogen-bond acceptors (Lipinski definition) is 6. The van der Waals surface area contributed by atoms with Gasteiger partial charge in [-0.25, -0.2) is 4.98 Å². The minimum Gasteiger partial charge on any atom is -0.378 e. The minimum absolute atomic E-state index is 0.386. The first-order chi connectivity index (χ1) is 8.81. The van der Waals surface area contributed by atoms with E-state index in [0.717, 1.165) is 57.0 Å². The molecule has 2 aliphatic heterocycles. The molecule has 98 valence electrons. The fraction of sp³-hybridized carbons (Fsp3) is 0.667. The van der Waals surface area contributed by atoms with E-state index in [-0.39, 0.29) is 0 Å². The number of rotatable bonds is 3. The van der Waals surface area contributed by atoms with Gasteiger partial charge in [-0.1, -0.05) is 0 Å². The Bertz CT molecular complexity index is 417. The molecule has 2 aliphatic rings. The molecule has 0 saturated carbocycles. The standard InChI is InChI=1S/C12H18N4O2/c1-9-6-11(14-10-7-18-8-10)15-12(13-9)16-2-4-17-5-3-16/h6,10H,2-5,7-8H2,1H3,(H,13,14,15).